The molecule has 0 amide bonds. The SMILES string of the molecule is N[C@H](CF)c1ccc(O)cc1O. The van der Waals surface area contributed by atoms with Crippen LogP contribution in [0.1, 0.15) is 11.6 Å². The summed E-state index contributed by atoms with van der Waals surface area (Å²) in [5, 5.41) is 18.1. The zero-order valence-corrected chi connectivity index (χ0v) is 6.37. The molecule has 0 bridgehead atoms. The van der Waals surface area contributed by atoms with Crippen molar-refractivity contribution in [2.45, 2.75) is 6.04 Å². The van der Waals surface area contributed by atoms with Crippen LogP contribution in [0.25, 0.3) is 0 Å². The molecule has 0 aromatic heterocycles. The number of alkyl halides is 1. The van der Waals surface area contributed by atoms with Crippen LogP contribution in [-0.2, 0) is 0 Å². The molecule has 0 fully saturated rings. The van der Waals surface area contributed by atoms with Crippen LogP contribution in [0.5, 0.6) is 11.5 Å². The van der Waals surface area contributed by atoms with E-state index in [1.807, 2.05) is 0 Å². The number of phenols is 2. The smallest absolute Gasteiger partial charge is 0.124 e. The molecule has 0 saturated heterocycles. The first-order chi connectivity index (χ1) is 5.65. The Hall–Kier alpha value is -1.29. The van der Waals surface area contributed by atoms with Crippen LogP contribution >= 0.6 is 0 Å². The van der Waals surface area contributed by atoms with Crippen molar-refractivity contribution in [3.05, 3.63) is 23.8 Å². The Balaban J connectivity index is 3.01. The summed E-state index contributed by atoms with van der Waals surface area (Å²) in [5.41, 5.74) is 5.63. The van der Waals surface area contributed by atoms with Gasteiger partial charge in [0.1, 0.15) is 18.2 Å². The van der Waals surface area contributed by atoms with E-state index in [0.29, 0.717) is 5.56 Å². The van der Waals surface area contributed by atoms with Crippen LogP contribution in [0.3, 0.4) is 0 Å². The quantitative estimate of drug-likeness (QED) is 0.623. The minimum atomic E-state index is -0.828. The van der Waals surface area contributed by atoms with Crippen molar-refractivity contribution in [3.63, 3.8) is 0 Å². The predicted octanol–water partition coefficient (Wildman–Crippen LogP) is 1.07. The zero-order chi connectivity index (χ0) is 9.14. The molecule has 66 valence electrons. The van der Waals surface area contributed by atoms with Crippen molar-refractivity contribution in [2.75, 3.05) is 6.67 Å². The summed E-state index contributed by atoms with van der Waals surface area (Å²) < 4.78 is 12.1. The first-order valence-corrected chi connectivity index (χ1v) is 3.48. The highest BCUT2D eigenvalue weighted by Crippen LogP contribution is 2.26. The molecule has 4 N–H and O–H groups in total. The number of benzene rings is 1. The number of hydrogen-bond donors (Lipinski definition) is 3. The average molecular weight is 171 g/mol. The van der Waals surface area contributed by atoms with Crippen LogP contribution in [0, 0.1) is 0 Å². The largest absolute Gasteiger partial charge is 0.508 e. The fourth-order valence-electron chi connectivity index (χ4n) is 0.929. The van der Waals surface area contributed by atoms with Crippen molar-refractivity contribution in [3.8, 4) is 11.5 Å². The van der Waals surface area contributed by atoms with E-state index in [1.165, 1.54) is 12.1 Å². The number of halogens is 1. The van der Waals surface area contributed by atoms with E-state index < -0.39 is 12.7 Å². The van der Waals surface area contributed by atoms with Gasteiger partial charge in [-0.05, 0) is 12.1 Å². The Kier molecular flexibility index (Phi) is 2.50. The molecule has 0 spiro atoms. The van der Waals surface area contributed by atoms with Gasteiger partial charge in [-0.1, -0.05) is 0 Å². The lowest BCUT2D eigenvalue weighted by Gasteiger charge is -2.09. The number of hydrogen-bond acceptors (Lipinski definition) is 3. The molecule has 0 unspecified atom stereocenters. The van der Waals surface area contributed by atoms with E-state index in [9.17, 15) is 9.50 Å². The van der Waals surface area contributed by atoms with E-state index >= 15 is 0 Å². The van der Waals surface area contributed by atoms with E-state index in [1.54, 1.807) is 0 Å². The molecule has 12 heavy (non-hydrogen) atoms. The Morgan fingerprint density at radius 2 is 2.08 bits per heavy atom. The number of phenolic OH excluding ortho intramolecular Hbond substituents is 2. The van der Waals surface area contributed by atoms with Crippen LogP contribution in [0.2, 0.25) is 0 Å². The summed E-state index contributed by atoms with van der Waals surface area (Å²) in [4.78, 5) is 0. The van der Waals surface area contributed by atoms with Gasteiger partial charge in [-0.2, -0.15) is 0 Å². The van der Waals surface area contributed by atoms with Gasteiger partial charge in [0.15, 0.2) is 0 Å². The number of nitrogens with two attached hydrogens (primary N) is 1. The maximum absolute atomic E-state index is 12.1. The molecular weight excluding hydrogens is 161 g/mol. The van der Waals surface area contributed by atoms with E-state index in [4.69, 9.17) is 10.8 Å². The fraction of sp³-hybridized carbons (Fsp3) is 0.250. The molecule has 0 aliphatic heterocycles. The molecule has 4 heteroatoms. The fourth-order valence-corrected chi connectivity index (χ4v) is 0.929. The minimum Gasteiger partial charge on any atom is -0.508 e. The minimum absolute atomic E-state index is 0.0673. The molecular formula is C8H10FNO2. The van der Waals surface area contributed by atoms with E-state index in [-0.39, 0.29) is 11.5 Å². The van der Waals surface area contributed by atoms with Crippen LogP contribution in [0.4, 0.5) is 4.39 Å². The summed E-state index contributed by atoms with van der Waals surface area (Å²) in [6, 6.07) is 3.05. The molecule has 0 aliphatic rings. The molecule has 0 saturated carbocycles. The van der Waals surface area contributed by atoms with Crippen molar-refractivity contribution in [1.82, 2.24) is 0 Å². The lowest BCUT2D eigenvalue weighted by Crippen LogP contribution is -2.11. The first-order valence-electron chi connectivity index (χ1n) is 3.48. The molecule has 1 aromatic carbocycles. The zero-order valence-electron chi connectivity index (χ0n) is 6.37. The van der Waals surface area contributed by atoms with Crippen LogP contribution in [-0.4, -0.2) is 16.9 Å². The van der Waals surface area contributed by atoms with E-state index in [2.05, 4.69) is 0 Å². The second kappa shape index (κ2) is 3.40. The molecule has 1 rings (SSSR count). The molecule has 0 radical (unpaired) electrons. The highest BCUT2D eigenvalue weighted by Gasteiger charge is 2.10. The van der Waals surface area contributed by atoms with Gasteiger partial charge >= 0.3 is 0 Å². The molecule has 0 heterocycles. The predicted molar refractivity (Wildman–Crippen MR) is 42.7 cm³/mol. The first kappa shape index (κ1) is 8.80. The van der Waals surface area contributed by atoms with Crippen molar-refractivity contribution in [1.29, 1.82) is 0 Å². The van der Waals surface area contributed by atoms with Gasteiger partial charge in [-0.25, -0.2) is 4.39 Å². The average Bonchev–Trinajstić information content (AvgIpc) is 2.03. The summed E-state index contributed by atoms with van der Waals surface area (Å²) in [7, 11) is 0. The Bertz CT molecular complexity index is 278. The summed E-state index contributed by atoms with van der Waals surface area (Å²) in [6.07, 6.45) is 0. The van der Waals surface area contributed by atoms with Gasteiger partial charge in [0.2, 0.25) is 0 Å². The highest BCUT2D eigenvalue weighted by atomic mass is 19.1. The third-order valence-electron chi connectivity index (χ3n) is 1.58. The second-order valence-corrected chi connectivity index (χ2v) is 2.50. The van der Waals surface area contributed by atoms with Crippen LogP contribution in [0.15, 0.2) is 18.2 Å². The summed E-state index contributed by atoms with van der Waals surface area (Å²) >= 11 is 0. The standard InChI is InChI=1S/C8H10FNO2/c9-4-7(10)6-2-1-5(11)3-8(6)12/h1-3,7,11-12H,4,10H2/t7-/m1/s1. The Labute approximate surface area is 69.3 Å². The van der Waals surface area contributed by atoms with Gasteiger partial charge in [-0.15, -0.1) is 0 Å². The monoisotopic (exact) mass is 171 g/mol. The lowest BCUT2D eigenvalue weighted by atomic mass is 10.1. The van der Waals surface area contributed by atoms with Crippen molar-refractivity contribution in [2.24, 2.45) is 5.73 Å². The number of aromatic hydroxyl groups is 2. The molecule has 1 aromatic rings. The topological polar surface area (TPSA) is 66.5 Å². The van der Waals surface area contributed by atoms with Crippen LogP contribution < -0.4 is 5.73 Å². The highest BCUT2D eigenvalue weighted by molar-refractivity contribution is 5.40. The van der Waals surface area contributed by atoms with Crippen molar-refractivity contribution < 1.29 is 14.6 Å². The Morgan fingerprint density at radius 3 is 2.58 bits per heavy atom. The molecule has 3 nitrogen and oxygen atoms in total. The lowest BCUT2D eigenvalue weighted by molar-refractivity contribution is 0.409. The van der Waals surface area contributed by atoms with Gasteiger partial charge in [0.25, 0.3) is 0 Å². The maximum atomic E-state index is 12.1. The van der Waals surface area contributed by atoms with Crippen molar-refractivity contribution >= 4 is 0 Å². The normalized spacial score (nSPS) is 12.8. The Morgan fingerprint density at radius 1 is 1.42 bits per heavy atom. The second-order valence-electron chi connectivity index (χ2n) is 2.50. The van der Waals surface area contributed by atoms with Gasteiger partial charge in [0.05, 0.1) is 6.04 Å². The maximum Gasteiger partial charge on any atom is 0.124 e. The van der Waals surface area contributed by atoms with Gasteiger partial charge < -0.3 is 15.9 Å². The van der Waals surface area contributed by atoms with E-state index in [0.717, 1.165) is 6.07 Å². The third-order valence-corrected chi connectivity index (χ3v) is 1.58. The summed E-state index contributed by atoms with van der Waals surface area (Å²) in [5.74, 6) is -0.248. The van der Waals surface area contributed by atoms with Gasteiger partial charge in [-0.3, -0.25) is 0 Å². The third kappa shape index (κ3) is 1.65. The summed E-state index contributed by atoms with van der Waals surface area (Å²) in [6.45, 7) is -0.738. The van der Waals surface area contributed by atoms with Gasteiger partial charge in [0, 0.05) is 11.6 Å². The molecule has 0 aliphatic carbocycles. The number of rotatable bonds is 2. The molecule has 1 atom stereocenters.